The lowest BCUT2D eigenvalue weighted by atomic mass is 10.1. The summed E-state index contributed by atoms with van der Waals surface area (Å²) < 4.78 is 16.0. The number of carbonyl (C=O) groups excluding carboxylic acids is 1. The Hall–Kier alpha value is -2.43. The average Bonchev–Trinajstić information content (AvgIpc) is 3.07. The Morgan fingerprint density at radius 1 is 1.00 bits per heavy atom. The minimum absolute atomic E-state index is 0.268. The molecule has 0 aliphatic carbocycles. The van der Waals surface area contributed by atoms with Crippen molar-refractivity contribution in [2.75, 3.05) is 73.3 Å². The highest BCUT2D eigenvalue weighted by atomic mass is 32.2. The zero-order chi connectivity index (χ0) is 24.5. The van der Waals surface area contributed by atoms with Crippen LogP contribution in [0.2, 0.25) is 0 Å². The summed E-state index contributed by atoms with van der Waals surface area (Å²) >= 11 is 1.79. The first-order valence-electron chi connectivity index (χ1n) is 12.0. The van der Waals surface area contributed by atoms with Crippen LogP contribution in [-0.2, 0) is 19.0 Å². The number of esters is 1. The van der Waals surface area contributed by atoms with Crippen LogP contribution in [0.15, 0.2) is 63.3 Å². The molecule has 2 heterocycles. The molecule has 188 valence electrons. The van der Waals surface area contributed by atoms with Crippen molar-refractivity contribution in [3.05, 3.63) is 54.1 Å². The number of ether oxygens (including phenoxy) is 3. The van der Waals surface area contributed by atoms with E-state index in [1.807, 2.05) is 0 Å². The first-order valence-corrected chi connectivity index (χ1v) is 12.8. The molecule has 4 rings (SSSR count). The van der Waals surface area contributed by atoms with Gasteiger partial charge in [0.2, 0.25) is 0 Å². The van der Waals surface area contributed by atoms with Crippen molar-refractivity contribution >= 4 is 29.3 Å². The number of nitrogens with zero attached hydrogens (tertiary/aromatic N) is 3. The highest BCUT2D eigenvalue weighted by Gasteiger charge is 2.25. The number of nitrogens with one attached hydrogen (secondary N) is 1. The molecule has 2 aromatic carbocycles. The van der Waals surface area contributed by atoms with E-state index in [0.717, 1.165) is 44.2 Å². The van der Waals surface area contributed by atoms with E-state index in [2.05, 4.69) is 63.6 Å². The number of carbonyl (C=O) groups is 1. The molecule has 0 bridgehead atoms. The minimum atomic E-state index is -0.451. The Morgan fingerprint density at radius 3 is 2.49 bits per heavy atom. The van der Waals surface area contributed by atoms with E-state index < -0.39 is 6.04 Å². The summed E-state index contributed by atoms with van der Waals surface area (Å²) in [6.07, 6.45) is 0. The van der Waals surface area contributed by atoms with E-state index in [0.29, 0.717) is 19.8 Å². The molecule has 2 aliphatic heterocycles. The molecule has 0 spiro atoms. The number of methoxy groups -OCH3 is 1. The number of hydrogen-bond acceptors (Lipinski definition) is 9. The van der Waals surface area contributed by atoms with Crippen molar-refractivity contribution < 1.29 is 19.0 Å². The van der Waals surface area contributed by atoms with Crippen LogP contribution < -0.4 is 5.32 Å². The van der Waals surface area contributed by atoms with E-state index in [1.54, 1.807) is 18.8 Å². The Morgan fingerprint density at radius 2 is 1.71 bits per heavy atom. The normalized spacial score (nSPS) is 16.6. The van der Waals surface area contributed by atoms with Crippen molar-refractivity contribution in [2.24, 2.45) is 4.99 Å². The van der Waals surface area contributed by atoms with Gasteiger partial charge in [-0.05, 0) is 25.2 Å². The number of fused-ring (bicyclic) bond motifs is 2. The lowest BCUT2D eigenvalue weighted by Gasteiger charge is -2.36. The molecule has 2 aliphatic rings. The molecule has 1 atom stereocenters. The smallest absolute Gasteiger partial charge is 0.325 e. The summed E-state index contributed by atoms with van der Waals surface area (Å²) in [6, 6.07) is 16.5. The minimum Gasteiger partial charge on any atom is -0.468 e. The van der Waals surface area contributed by atoms with Crippen LogP contribution in [0.1, 0.15) is 5.56 Å². The molecule has 1 unspecified atom stereocenters. The second-order valence-corrected chi connectivity index (χ2v) is 9.47. The Balaban J connectivity index is 1.22. The molecule has 1 saturated heterocycles. The Labute approximate surface area is 211 Å². The SMILES string of the molecule is CNC(COCCOCCN1CCN(C2=Nc3ccccc3Sc3ccccc32)CC1)C(=O)OC. The summed E-state index contributed by atoms with van der Waals surface area (Å²) in [6.45, 7) is 6.57. The van der Waals surface area contributed by atoms with Crippen molar-refractivity contribution in [2.45, 2.75) is 15.8 Å². The largest absolute Gasteiger partial charge is 0.468 e. The van der Waals surface area contributed by atoms with E-state index in [-0.39, 0.29) is 12.6 Å². The molecule has 0 aromatic heterocycles. The summed E-state index contributed by atoms with van der Waals surface area (Å²) in [5.74, 6) is 0.742. The van der Waals surface area contributed by atoms with Crippen LogP contribution in [0, 0.1) is 0 Å². The topological polar surface area (TPSA) is 75.6 Å². The number of rotatable bonds is 10. The fourth-order valence-corrected chi connectivity index (χ4v) is 5.14. The van der Waals surface area contributed by atoms with E-state index in [4.69, 9.17) is 19.2 Å². The van der Waals surface area contributed by atoms with Gasteiger partial charge < -0.3 is 24.4 Å². The highest BCUT2D eigenvalue weighted by molar-refractivity contribution is 7.99. The van der Waals surface area contributed by atoms with Crippen molar-refractivity contribution in [1.82, 2.24) is 15.1 Å². The van der Waals surface area contributed by atoms with Crippen molar-refractivity contribution in [1.29, 1.82) is 0 Å². The van der Waals surface area contributed by atoms with E-state index >= 15 is 0 Å². The van der Waals surface area contributed by atoms with E-state index in [1.165, 1.54) is 22.5 Å². The zero-order valence-electron chi connectivity index (χ0n) is 20.4. The summed E-state index contributed by atoms with van der Waals surface area (Å²) in [5.41, 5.74) is 2.24. The number of likely N-dealkylation sites (N-methyl/N-ethyl adjacent to an activating group) is 1. The average molecular weight is 499 g/mol. The molecular formula is C26H34N4O4S. The third kappa shape index (κ3) is 6.83. The van der Waals surface area contributed by atoms with Crippen LogP contribution in [0.5, 0.6) is 0 Å². The number of hydrogen-bond donors (Lipinski definition) is 1. The lowest BCUT2D eigenvalue weighted by Crippen LogP contribution is -2.49. The highest BCUT2D eigenvalue weighted by Crippen LogP contribution is 2.40. The maximum absolute atomic E-state index is 11.5. The fourth-order valence-electron chi connectivity index (χ4n) is 4.12. The third-order valence-electron chi connectivity index (χ3n) is 6.15. The molecular weight excluding hydrogens is 464 g/mol. The number of para-hydroxylation sites is 1. The molecule has 2 aromatic rings. The molecule has 0 radical (unpaired) electrons. The Bertz CT molecular complexity index is 1010. The molecule has 35 heavy (non-hydrogen) atoms. The predicted octanol–water partition coefficient (Wildman–Crippen LogP) is 2.64. The number of benzene rings is 2. The Kier molecular flexibility index (Phi) is 9.56. The van der Waals surface area contributed by atoms with Crippen LogP contribution >= 0.6 is 11.8 Å². The lowest BCUT2D eigenvalue weighted by molar-refractivity contribution is -0.144. The summed E-state index contributed by atoms with van der Waals surface area (Å²) in [7, 11) is 3.08. The molecule has 0 saturated carbocycles. The standard InChI is InChI=1S/C26H34N4O4S/c1-27-22(26(31)32-2)19-34-18-17-33-16-15-29-11-13-30(14-12-29)25-20-7-3-5-9-23(20)35-24-10-6-4-8-21(24)28-25/h3-10,22,27H,11-19H2,1-2H3. The van der Waals surface area contributed by atoms with Gasteiger partial charge in [0, 0.05) is 48.1 Å². The van der Waals surface area contributed by atoms with Gasteiger partial charge in [-0.15, -0.1) is 0 Å². The van der Waals surface area contributed by atoms with Crippen LogP contribution in [-0.4, -0.2) is 101 Å². The van der Waals surface area contributed by atoms with Crippen LogP contribution in [0.3, 0.4) is 0 Å². The third-order valence-corrected chi connectivity index (χ3v) is 7.29. The maximum Gasteiger partial charge on any atom is 0.325 e. The van der Waals surface area contributed by atoms with Gasteiger partial charge in [-0.2, -0.15) is 0 Å². The van der Waals surface area contributed by atoms with Gasteiger partial charge in [-0.3, -0.25) is 9.69 Å². The van der Waals surface area contributed by atoms with Gasteiger partial charge in [0.1, 0.15) is 11.9 Å². The van der Waals surface area contributed by atoms with Gasteiger partial charge in [0.25, 0.3) is 0 Å². The van der Waals surface area contributed by atoms with Crippen LogP contribution in [0.4, 0.5) is 5.69 Å². The second kappa shape index (κ2) is 13.0. The monoisotopic (exact) mass is 498 g/mol. The summed E-state index contributed by atoms with van der Waals surface area (Å²) in [5, 5.41) is 2.88. The fraction of sp³-hybridized carbons (Fsp3) is 0.462. The summed E-state index contributed by atoms with van der Waals surface area (Å²) in [4.78, 5) is 23.9. The molecule has 1 N–H and O–H groups in total. The molecule has 8 nitrogen and oxygen atoms in total. The quantitative estimate of drug-likeness (QED) is 0.396. The zero-order valence-corrected chi connectivity index (χ0v) is 21.3. The second-order valence-electron chi connectivity index (χ2n) is 8.38. The van der Waals surface area contributed by atoms with Gasteiger partial charge in [-0.25, -0.2) is 4.99 Å². The van der Waals surface area contributed by atoms with Gasteiger partial charge in [0.15, 0.2) is 0 Å². The first kappa shape index (κ1) is 25.7. The van der Waals surface area contributed by atoms with Gasteiger partial charge >= 0.3 is 5.97 Å². The number of aliphatic imine (C=N–C) groups is 1. The molecule has 0 amide bonds. The van der Waals surface area contributed by atoms with Crippen molar-refractivity contribution in [3.63, 3.8) is 0 Å². The van der Waals surface area contributed by atoms with Gasteiger partial charge in [-0.1, -0.05) is 42.1 Å². The van der Waals surface area contributed by atoms with E-state index in [9.17, 15) is 4.79 Å². The van der Waals surface area contributed by atoms with Crippen molar-refractivity contribution in [3.8, 4) is 0 Å². The van der Waals surface area contributed by atoms with Crippen LogP contribution in [0.25, 0.3) is 0 Å². The molecule has 9 heteroatoms. The number of piperazine rings is 1. The van der Waals surface area contributed by atoms with Gasteiger partial charge in [0.05, 0.1) is 39.2 Å². The number of amidine groups is 1. The molecule has 1 fully saturated rings. The maximum atomic E-state index is 11.5. The first-order chi connectivity index (χ1) is 17.2. The predicted molar refractivity (Wildman–Crippen MR) is 138 cm³/mol.